The molecule has 0 bridgehead atoms. The van der Waals surface area contributed by atoms with Gasteiger partial charge in [-0.15, -0.1) is 0 Å². The summed E-state index contributed by atoms with van der Waals surface area (Å²) in [4.78, 5) is 49.3. The first-order chi connectivity index (χ1) is 15.4. The van der Waals surface area contributed by atoms with Crippen LogP contribution in [0.15, 0.2) is 21.9 Å². The maximum atomic E-state index is 13.4. The molecule has 0 saturated carbocycles. The van der Waals surface area contributed by atoms with Crippen LogP contribution in [0.3, 0.4) is 0 Å². The van der Waals surface area contributed by atoms with Crippen LogP contribution in [-0.2, 0) is 32.9 Å². The van der Waals surface area contributed by atoms with E-state index in [1.165, 1.54) is 30.9 Å². The van der Waals surface area contributed by atoms with Crippen molar-refractivity contribution in [1.29, 1.82) is 0 Å². The molecular weight excluding hydrogens is 477 g/mol. The molecule has 2 N–H and O–H groups in total. The number of nitrogens with zero attached hydrogens (tertiary/aromatic N) is 1. The van der Waals surface area contributed by atoms with Crippen LogP contribution in [-0.4, -0.2) is 59.2 Å². The minimum atomic E-state index is -3.75. The number of carbonyl (C=O) groups is 2. The summed E-state index contributed by atoms with van der Waals surface area (Å²) in [6.07, 6.45) is 0.328. The average molecular weight is 508 g/mol. The Morgan fingerprint density at radius 2 is 2.06 bits per heavy atom. The molecule has 1 fully saturated rings. The molecule has 12 nitrogen and oxygen atoms in total. The molecule has 2 rings (SSSR count). The lowest BCUT2D eigenvalue weighted by molar-refractivity contribution is -0.149. The number of nitrogens with one attached hydrogen (secondary N) is 2. The largest absolute Gasteiger partial charge is 0.468 e. The fraction of sp³-hybridized carbons (Fsp3) is 0.684. The van der Waals surface area contributed by atoms with E-state index in [0.29, 0.717) is 17.8 Å². The third-order valence-electron chi connectivity index (χ3n) is 4.65. The number of hydrogen-bond acceptors (Lipinski definition) is 10. The summed E-state index contributed by atoms with van der Waals surface area (Å²) >= 11 is 0.696. The van der Waals surface area contributed by atoms with Gasteiger partial charge < -0.3 is 18.7 Å². The molecule has 0 radical (unpaired) electrons. The normalized spacial score (nSPS) is 23.2. The van der Waals surface area contributed by atoms with E-state index in [4.69, 9.17) is 14.0 Å². The molecule has 0 spiro atoms. The number of carbonyl (C=O) groups excluding carboxylic acids is 2. The van der Waals surface area contributed by atoms with Crippen LogP contribution in [0.5, 0.6) is 0 Å². The zero-order chi connectivity index (χ0) is 24.8. The highest BCUT2D eigenvalue weighted by atomic mass is 32.7. The summed E-state index contributed by atoms with van der Waals surface area (Å²) in [5.74, 6) is -1.58. The topological polar surface area (TPSA) is 155 Å². The lowest BCUT2D eigenvalue weighted by Crippen LogP contribution is -2.35. The van der Waals surface area contributed by atoms with Crippen molar-refractivity contribution in [2.45, 2.75) is 58.6 Å². The zero-order valence-electron chi connectivity index (χ0n) is 19.1. The van der Waals surface area contributed by atoms with Gasteiger partial charge in [0.15, 0.2) is 0 Å². The van der Waals surface area contributed by atoms with E-state index in [9.17, 15) is 23.7 Å². The van der Waals surface area contributed by atoms with Gasteiger partial charge in [-0.25, -0.2) is 9.88 Å². The number of aromatic nitrogens is 2. The van der Waals surface area contributed by atoms with E-state index in [1.807, 2.05) is 6.92 Å². The number of methoxy groups -OCH3 is 1. The fourth-order valence-electron chi connectivity index (χ4n) is 3.11. The Hall–Kier alpha value is -1.92. The number of ether oxygens (including phenoxy) is 3. The highest BCUT2D eigenvalue weighted by Crippen LogP contribution is 2.56. The van der Waals surface area contributed by atoms with Crippen molar-refractivity contribution in [3.05, 3.63) is 33.1 Å². The second-order valence-corrected chi connectivity index (χ2v) is 12.1. The van der Waals surface area contributed by atoms with Crippen LogP contribution in [0, 0.1) is 5.92 Å². The minimum absolute atomic E-state index is 0.0998. The second-order valence-electron chi connectivity index (χ2n) is 7.86. The molecule has 1 aromatic rings. The molecule has 2 heterocycles. The minimum Gasteiger partial charge on any atom is -0.468 e. The Kier molecular flexibility index (Phi) is 9.92. The maximum absolute atomic E-state index is 13.4. The average Bonchev–Trinajstić information content (AvgIpc) is 3.10. The SMILES string of the molecule is COC(=O)CSP(=O)(NC(C)C(=O)OC(C)C)OCC1CC(C)C(n2ccc(=O)[nH]c2=O)O1. The van der Waals surface area contributed by atoms with Gasteiger partial charge in [-0.2, -0.15) is 0 Å². The van der Waals surface area contributed by atoms with E-state index in [-0.39, 0.29) is 24.4 Å². The fourth-order valence-corrected chi connectivity index (χ4v) is 6.60. The highest BCUT2D eigenvalue weighted by molar-refractivity contribution is 8.56. The molecule has 1 saturated heterocycles. The number of esters is 2. The van der Waals surface area contributed by atoms with Crippen LogP contribution in [0.4, 0.5) is 0 Å². The van der Waals surface area contributed by atoms with Crippen molar-refractivity contribution >= 4 is 30.0 Å². The van der Waals surface area contributed by atoms with Gasteiger partial charge in [-0.3, -0.25) is 28.5 Å². The molecule has 5 unspecified atom stereocenters. The lowest BCUT2D eigenvalue weighted by atomic mass is 10.1. The summed E-state index contributed by atoms with van der Waals surface area (Å²) in [7, 11) is 1.21. The molecule has 0 aliphatic carbocycles. The Balaban J connectivity index is 2.07. The number of H-pyrrole nitrogens is 1. The van der Waals surface area contributed by atoms with E-state index >= 15 is 0 Å². The predicted molar refractivity (Wildman–Crippen MR) is 121 cm³/mol. The molecule has 5 atom stereocenters. The van der Waals surface area contributed by atoms with Gasteiger partial charge in [0, 0.05) is 18.2 Å². The molecular formula is C19H30N3O9PS. The Bertz CT molecular complexity index is 995. The van der Waals surface area contributed by atoms with Gasteiger partial charge in [0.25, 0.3) is 5.56 Å². The van der Waals surface area contributed by atoms with Crippen molar-refractivity contribution in [2.75, 3.05) is 19.5 Å². The molecule has 1 aliphatic rings. The van der Waals surface area contributed by atoms with Crippen LogP contribution in [0.25, 0.3) is 0 Å². The molecule has 0 amide bonds. The van der Waals surface area contributed by atoms with Gasteiger partial charge in [-0.1, -0.05) is 6.92 Å². The third kappa shape index (κ3) is 8.11. The first kappa shape index (κ1) is 27.3. The van der Waals surface area contributed by atoms with Crippen LogP contribution >= 0.6 is 18.1 Å². The van der Waals surface area contributed by atoms with Crippen LogP contribution in [0.1, 0.15) is 40.3 Å². The quantitative estimate of drug-likeness (QED) is 0.330. The Morgan fingerprint density at radius 3 is 2.67 bits per heavy atom. The number of hydrogen-bond donors (Lipinski definition) is 2. The molecule has 186 valence electrons. The zero-order valence-corrected chi connectivity index (χ0v) is 20.9. The number of rotatable bonds is 11. The summed E-state index contributed by atoms with van der Waals surface area (Å²) < 4.78 is 35.9. The van der Waals surface area contributed by atoms with Gasteiger partial charge >= 0.3 is 24.3 Å². The van der Waals surface area contributed by atoms with Crippen molar-refractivity contribution in [3.8, 4) is 0 Å². The predicted octanol–water partition coefficient (Wildman–Crippen LogP) is 1.42. The van der Waals surface area contributed by atoms with Gasteiger partial charge in [0.1, 0.15) is 18.0 Å². The first-order valence-corrected chi connectivity index (χ1v) is 13.6. The summed E-state index contributed by atoms with van der Waals surface area (Å²) in [5, 5.41) is 2.63. The molecule has 0 aromatic carbocycles. The van der Waals surface area contributed by atoms with Crippen molar-refractivity contribution in [1.82, 2.24) is 14.6 Å². The maximum Gasteiger partial charge on any atom is 0.330 e. The molecule has 1 aliphatic heterocycles. The van der Waals surface area contributed by atoms with E-state index in [2.05, 4.69) is 14.8 Å². The summed E-state index contributed by atoms with van der Waals surface area (Å²) in [5.41, 5.74) is -1.11. The van der Waals surface area contributed by atoms with Gasteiger partial charge in [0.05, 0.1) is 25.9 Å². The lowest BCUT2D eigenvalue weighted by Gasteiger charge is -2.24. The number of aromatic amines is 1. The molecule has 1 aromatic heterocycles. The summed E-state index contributed by atoms with van der Waals surface area (Å²) in [6.45, 7) is 2.86. The standard InChI is InChI=1S/C19H30N3O9PS/c1-11(2)30-18(25)13(4)21-32(27,33-10-16(24)28-5)29-9-14-8-12(3)17(31-14)22-7-6-15(23)20-19(22)26/h6-7,11-14,17H,8-10H2,1-5H3,(H,21,27)(H,20,23,26). The van der Waals surface area contributed by atoms with Crippen molar-refractivity contribution in [2.24, 2.45) is 5.92 Å². The smallest absolute Gasteiger partial charge is 0.330 e. The highest BCUT2D eigenvalue weighted by Gasteiger charge is 2.37. The van der Waals surface area contributed by atoms with Crippen LogP contribution in [0.2, 0.25) is 0 Å². The second kappa shape index (κ2) is 12.0. The third-order valence-corrected chi connectivity index (χ3v) is 8.58. The van der Waals surface area contributed by atoms with Crippen molar-refractivity contribution < 1.29 is 32.9 Å². The van der Waals surface area contributed by atoms with Gasteiger partial charge in [0.2, 0.25) is 0 Å². The summed E-state index contributed by atoms with van der Waals surface area (Å²) in [6, 6.07) is 0.264. The first-order valence-electron chi connectivity index (χ1n) is 10.3. The monoisotopic (exact) mass is 507 g/mol. The van der Waals surface area contributed by atoms with E-state index in [0.717, 1.165) is 0 Å². The molecule has 33 heavy (non-hydrogen) atoms. The van der Waals surface area contributed by atoms with E-state index < -0.39 is 48.3 Å². The Morgan fingerprint density at radius 1 is 1.36 bits per heavy atom. The van der Waals surface area contributed by atoms with Crippen LogP contribution < -0.4 is 16.3 Å². The Labute approximate surface area is 195 Å². The van der Waals surface area contributed by atoms with Gasteiger partial charge in [-0.05, 0) is 38.6 Å². The van der Waals surface area contributed by atoms with Crippen molar-refractivity contribution in [3.63, 3.8) is 0 Å². The van der Waals surface area contributed by atoms with E-state index in [1.54, 1.807) is 13.8 Å². The molecule has 14 heteroatoms.